The van der Waals surface area contributed by atoms with Crippen LogP contribution in [0.15, 0.2) is 27.7 Å². The molecule has 1 saturated heterocycles. The van der Waals surface area contributed by atoms with Gasteiger partial charge in [0.1, 0.15) is 17.5 Å². The summed E-state index contributed by atoms with van der Waals surface area (Å²) < 4.78 is 11.8. The lowest BCUT2D eigenvalue weighted by atomic mass is 9.65. The third kappa shape index (κ3) is 1.51. The number of epoxide rings is 1. The van der Waals surface area contributed by atoms with Crippen molar-refractivity contribution in [2.24, 2.45) is 11.8 Å². The maximum Gasteiger partial charge on any atom is 0.285 e. The summed E-state index contributed by atoms with van der Waals surface area (Å²) in [5, 5.41) is 10.1. The van der Waals surface area contributed by atoms with Crippen LogP contribution >= 0.6 is 0 Å². The second-order valence-corrected chi connectivity index (χ2v) is 8.07. The summed E-state index contributed by atoms with van der Waals surface area (Å²) in [6.07, 6.45) is 2.33. The lowest BCUT2D eigenvalue weighted by Gasteiger charge is -2.35. The van der Waals surface area contributed by atoms with E-state index in [4.69, 9.17) is 9.15 Å². The molecule has 1 N–H and O–H groups in total. The summed E-state index contributed by atoms with van der Waals surface area (Å²) in [6.45, 7) is 10.4. The Morgan fingerprint density at radius 3 is 2.83 bits per heavy atom. The van der Waals surface area contributed by atoms with Crippen molar-refractivity contribution in [3.05, 3.63) is 40.2 Å². The van der Waals surface area contributed by atoms with Crippen molar-refractivity contribution < 1.29 is 19.1 Å². The minimum absolute atomic E-state index is 0.00189. The second-order valence-electron chi connectivity index (χ2n) is 8.07. The standard InChI is InChI=1S/C20H22O4/c1-8-5-6-12-14(10(3)19(22)23-12)16-13(8)15-11(7-9(2)17(15)21)18-20(16,4)24-18/h9,13,16,18,22H,1,5-7H2,2-4H3/t9-,13-,16-,18+,20-/m1/s1. The molecule has 126 valence electrons. The number of fused-ring (bicyclic) bond motifs is 7. The normalized spacial score (nSPS) is 40.0. The van der Waals surface area contributed by atoms with E-state index >= 15 is 0 Å². The number of hydrogen-bond donors (Lipinski definition) is 1. The lowest BCUT2D eigenvalue weighted by molar-refractivity contribution is -0.118. The molecular weight excluding hydrogens is 304 g/mol. The lowest BCUT2D eigenvalue weighted by Crippen LogP contribution is -2.36. The van der Waals surface area contributed by atoms with Gasteiger partial charge in [0.15, 0.2) is 5.78 Å². The topological polar surface area (TPSA) is 63.0 Å². The Balaban J connectivity index is 1.77. The Hall–Kier alpha value is -1.81. The molecule has 4 nitrogen and oxygen atoms in total. The van der Waals surface area contributed by atoms with Crippen molar-refractivity contribution >= 4 is 5.78 Å². The van der Waals surface area contributed by atoms with Crippen LogP contribution in [0.4, 0.5) is 0 Å². The van der Waals surface area contributed by atoms with Gasteiger partial charge < -0.3 is 14.3 Å². The van der Waals surface area contributed by atoms with Crippen molar-refractivity contribution in [1.82, 2.24) is 0 Å². The van der Waals surface area contributed by atoms with Gasteiger partial charge in [-0.1, -0.05) is 19.1 Å². The first-order valence-corrected chi connectivity index (χ1v) is 8.78. The number of allylic oxidation sites excluding steroid dienone is 2. The molecule has 3 aliphatic carbocycles. The van der Waals surface area contributed by atoms with E-state index in [0.29, 0.717) is 0 Å². The molecule has 0 bridgehead atoms. The van der Waals surface area contributed by atoms with E-state index in [2.05, 4.69) is 13.5 Å². The molecule has 1 aliphatic heterocycles. The number of hydrogen-bond acceptors (Lipinski definition) is 4. The SMILES string of the molecule is C=C1CCc2oc(O)c(C)c2[C@H]2[C@H]1C1=C(C[C@@H](C)C1=O)[C@@H]1O[C@@]12C. The maximum absolute atomic E-state index is 12.9. The van der Waals surface area contributed by atoms with Gasteiger partial charge in [0.25, 0.3) is 5.95 Å². The molecule has 4 heteroatoms. The van der Waals surface area contributed by atoms with Gasteiger partial charge >= 0.3 is 0 Å². The number of furan rings is 1. The van der Waals surface area contributed by atoms with E-state index in [0.717, 1.165) is 47.3 Å². The summed E-state index contributed by atoms with van der Waals surface area (Å²) in [5.41, 5.74) is 4.75. The zero-order valence-corrected chi connectivity index (χ0v) is 14.3. The summed E-state index contributed by atoms with van der Waals surface area (Å²) in [4.78, 5) is 12.9. The van der Waals surface area contributed by atoms with Crippen LogP contribution < -0.4 is 0 Å². The Kier molecular flexibility index (Phi) is 2.56. The molecule has 5 atom stereocenters. The predicted octanol–water partition coefficient (Wildman–Crippen LogP) is 3.57. The highest BCUT2D eigenvalue weighted by molar-refractivity contribution is 6.02. The van der Waals surface area contributed by atoms with Crippen molar-refractivity contribution in [2.45, 2.75) is 57.7 Å². The first kappa shape index (κ1) is 14.5. The van der Waals surface area contributed by atoms with E-state index in [1.807, 2.05) is 13.8 Å². The zero-order chi connectivity index (χ0) is 17.0. The van der Waals surface area contributed by atoms with Gasteiger partial charge in [0.2, 0.25) is 0 Å². The Morgan fingerprint density at radius 1 is 1.33 bits per heavy atom. The third-order valence-electron chi connectivity index (χ3n) is 6.67. The molecule has 0 unspecified atom stereocenters. The van der Waals surface area contributed by atoms with E-state index in [9.17, 15) is 9.90 Å². The number of Topliss-reactive ketones (excluding diaryl/α,β-unsaturated/α-hetero) is 1. The highest BCUT2D eigenvalue weighted by Gasteiger charge is 2.68. The summed E-state index contributed by atoms with van der Waals surface area (Å²) >= 11 is 0. The molecule has 0 saturated carbocycles. The van der Waals surface area contributed by atoms with Gasteiger partial charge in [-0.3, -0.25) is 4.79 Å². The minimum Gasteiger partial charge on any atom is -0.481 e. The summed E-state index contributed by atoms with van der Waals surface area (Å²) in [6, 6.07) is 0. The molecular formula is C20H22O4. The monoisotopic (exact) mass is 326 g/mol. The Morgan fingerprint density at radius 2 is 2.08 bits per heavy atom. The number of rotatable bonds is 0. The van der Waals surface area contributed by atoms with Gasteiger partial charge in [-0.25, -0.2) is 0 Å². The number of ether oxygens (including phenoxy) is 1. The first-order chi connectivity index (χ1) is 11.3. The highest BCUT2D eigenvalue weighted by atomic mass is 16.6. The van der Waals surface area contributed by atoms with Crippen molar-refractivity contribution in [3.63, 3.8) is 0 Å². The van der Waals surface area contributed by atoms with Gasteiger partial charge in [-0.05, 0) is 32.3 Å². The molecule has 1 aromatic rings. The fourth-order valence-corrected chi connectivity index (χ4v) is 5.42. The van der Waals surface area contributed by atoms with Crippen LogP contribution in [0.1, 0.15) is 49.5 Å². The quantitative estimate of drug-likeness (QED) is 0.585. The summed E-state index contributed by atoms with van der Waals surface area (Å²) in [5.74, 6) is 1.11. The molecule has 5 rings (SSSR count). The highest BCUT2D eigenvalue weighted by Crippen LogP contribution is 2.66. The maximum atomic E-state index is 12.9. The first-order valence-electron chi connectivity index (χ1n) is 8.78. The van der Waals surface area contributed by atoms with Crippen molar-refractivity contribution in [1.29, 1.82) is 0 Å². The summed E-state index contributed by atoms with van der Waals surface area (Å²) in [7, 11) is 0. The number of carbonyl (C=O) groups is 1. The number of ketones is 1. The molecule has 24 heavy (non-hydrogen) atoms. The molecule has 4 aliphatic rings. The third-order valence-corrected chi connectivity index (χ3v) is 6.67. The fourth-order valence-electron chi connectivity index (χ4n) is 5.42. The van der Waals surface area contributed by atoms with E-state index in [1.54, 1.807) is 0 Å². The molecule has 2 heterocycles. The van der Waals surface area contributed by atoms with E-state index in [-0.39, 0.29) is 41.2 Å². The predicted molar refractivity (Wildman–Crippen MR) is 87.9 cm³/mol. The Labute approximate surface area is 141 Å². The average molecular weight is 326 g/mol. The van der Waals surface area contributed by atoms with Gasteiger partial charge in [-0.15, -0.1) is 0 Å². The van der Waals surface area contributed by atoms with Crippen LogP contribution in [-0.2, 0) is 16.0 Å². The van der Waals surface area contributed by atoms with Crippen molar-refractivity contribution in [2.75, 3.05) is 0 Å². The smallest absolute Gasteiger partial charge is 0.285 e. The van der Waals surface area contributed by atoms with Crippen LogP contribution in [0, 0.1) is 18.8 Å². The number of aryl methyl sites for hydroxylation is 1. The van der Waals surface area contributed by atoms with E-state index in [1.165, 1.54) is 5.57 Å². The van der Waals surface area contributed by atoms with Crippen LogP contribution in [0.3, 0.4) is 0 Å². The molecule has 1 aromatic heterocycles. The van der Waals surface area contributed by atoms with Gasteiger partial charge in [0, 0.05) is 40.9 Å². The molecule has 0 spiro atoms. The zero-order valence-electron chi connectivity index (χ0n) is 14.3. The number of aromatic hydroxyl groups is 1. The van der Waals surface area contributed by atoms with Gasteiger partial charge in [0.05, 0.1) is 0 Å². The van der Waals surface area contributed by atoms with Gasteiger partial charge in [-0.2, -0.15) is 0 Å². The van der Waals surface area contributed by atoms with E-state index < -0.39 is 0 Å². The molecule has 0 amide bonds. The molecule has 0 aromatic carbocycles. The molecule has 0 radical (unpaired) electrons. The van der Waals surface area contributed by atoms with Crippen LogP contribution in [0.2, 0.25) is 0 Å². The van der Waals surface area contributed by atoms with Crippen LogP contribution in [-0.4, -0.2) is 22.6 Å². The average Bonchev–Trinajstić information content (AvgIpc) is 3.09. The minimum atomic E-state index is -0.322. The van der Waals surface area contributed by atoms with Crippen LogP contribution in [0.25, 0.3) is 0 Å². The largest absolute Gasteiger partial charge is 0.481 e. The second kappa shape index (κ2) is 4.23. The fraction of sp³-hybridized carbons (Fsp3) is 0.550. The van der Waals surface area contributed by atoms with Crippen molar-refractivity contribution in [3.8, 4) is 5.95 Å². The Bertz CT molecular complexity index is 842. The number of carbonyl (C=O) groups excluding carboxylic acids is 1. The molecule has 1 fully saturated rings. The van der Waals surface area contributed by atoms with Crippen LogP contribution in [0.5, 0.6) is 5.95 Å².